The molecule has 0 atom stereocenters. The first kappa shape index (κ1) is 16.9. The minimum absolute atomic E-state index is 0.0941. The topological polar surface area (TPSA) is 61.2 Å². The molecule has 0 unspecified atom stereocenters. The largest absolute Gasteiger partial charge is 0.844 e. The summed E-state index contributed by atoms with van der Waals surface area (Å²) in [6.07, 6.45) is 0.133. The van der Waals surface area contributed by atoms with Crippen LogP contribution in [0.15, 0.2) is 53.0 Å². The van der Waals surface area contributed by atoms with E-state index in [1.807, 2.05) is 37.3 Å². The summed E-state index contributed by atoms with van der Waals surface area (Å²) in [5, 5.41) is 11.3. The zero-order chi connectivity index (χ0) is 18.0. The van der Waals surface area contributed by atoms with E-state index in [0.717, 1.165) is 28.5 Å². The molecule has 0 bridgehead atoms. The number of halogens is 3. The molecular formula is C18H13F3N3O-. The molecular weight excluding hydrogens is 331 g/mol. The lowest BCUT2D eigenvalue weighted by molar-refractivity contribution is -0.283. The van der Waals surface area contributed by atoms with Crippen molar-refractivity contribution in [3.05, 3.63) is 70.6 Å². The lowest BCUT2D eigenvalue weighted by atomic mass is 10.0. The van der Waals surface area contributed by atoms with Crippen molar-refractivity contribution in [1.29, 1.82) is 0 Å². The first-order valence-corrected chi connectivity index (χ1v) is 7.46. The highest BCUT2D eigenvalue weighted by Crippen LogP contribution is 2.28. The molecule has 128 valence electrons. The predicted molar refractivity (Wildman–Crippen MR) is 86.2 cm³/mol. The van der Waals surface area contributed by atoms with Crippen LogP contribution in [0, 0.1) is 6.92 Å². The minimum atomic E-state index is -4.69. The van der Waals surface area contributed by atoms with Gasteiger partial charge in [-0.3, -0.25) is 4.99 Å². The molecule has 0 fully saturated rings. The van der Waals surface area contributed by atoms with E-state index in [9.17, 15) is 18.3 Å². The van der Waals surface area contributed by atoms with E-state index in [4.69, 9.17) is 0 Å². The zero-order valence-corrected chi connectivity index (χ0v) is 13.2. The van der Waals surface area contributed by atoms with Gasteiger partial charge in [-0.2, -0.15) is 13.2 Å². The monoisotopic (exact) mass is 344 g/mol. The molecule has 2 aromatic rings. The predicted octanol–water partition coefficient (Wildman–Crippen LogP) is 3.32. The Kier molecular flexibility index (Phi) is 4.39. The van der Waals surface area contributed by atoms with Gasteiger partial charge in [0.05, 0.1) is 24.0 Å². The quantitative estimate of drug-likeness (QED) is 0.858. The van der Waals surface area contributed by atoms with Gasteiger partial charge in [-0.15, -0.1) is 0 Å². The van der Waals surface area contributed by atoms with E-state index in [2.05, 4.69) is 15.0 Å². The molecule has 2 heterocycles. The van der Waals surface area contributed by atoms with Gasteiger partial charge in [-0.05, 0) is 24.6 Å². The Bertz CT molecular complexity index is 881. The SMILES string of the molecule is Cc1ccc(C2=NCC=C2/C=C/c2cc(C(F)(F)F)nc([O-])n2)cc1. The van der Waals surface area contributed by atoms with Crippen molar-refractivity contribution in [2.45, 2.75) is 13.1 Å². The number of benzene rings is 1. The number of nitrogens with zero attached hydrogens (tertiary/aromatic N) is 3. The molecule has 1 aromatic carbocycles. The third kappa shape index (κ3) is 3.93. The van der Waals surface area contributed by atoms with Crippen molar-refractivity contribution in [3.8, 4) is 6.01 Å². The van der Waals surface area contributed by atoms with Gasteiger partial charge in [0.15, 0.2) is 0 Å². The summed E-state index contributed by atoms with van der Waals surface area (Å²) in [5.41, 5.74) is 2.21. The molecule has 0 N–H and O–H groups in total. The third-order valence-electron chi connectivity index (χ3n) is 3.61. The van der Waals surface area contributed by atoms with Crippen LogP contribution in [0.2, 0.25) is 0 Å². The number of aryl methyl sites for hydroxylation is 1. The first-order chi connectivity index (χ1) is 11.8. The number of aromatic nitrogens is 2. The van der Waals surface area contributed by atoms with Crippen molar-refractivity contribution >= 4 is 11.8 Å². The van der Waals surface area contributed by atoms with Crippen LogP contribution in [0.25, 0.3) is 6.08 Å². The average molecular weight is 344 g/mol. The van der Waals surface area contributed by atoms with E-state index in [1.54, 1.807) is 6.08 Å². The summed E-state index contributed by atoms with van der Waals surface area (Å²) in [6, 6.07) is 7.37. The second-order valence-corrected chi connectivity index (χ2v) is 5.51. The van der Waals surface area contributed by atoms with Crippen LogP contribution >= 0.6 is 0 Å². The molecule has 0 radical (unpaired) electrons. The third-order valence-corrected chi connectivity index (χ3v) is 3.61. The first-order valence-electron chi connectivity index (χ1n) is 7.46. The van der Waals surface area contributed by atoms with Gasteiger partial charge in [0.1, 0.15) is 5.69 Å². The van der Waals surface area contributed by atoms with E-state index < -0.39 is 17.9 Å². The molecule has 0 aliphatic carbocycles. The molecule has 1 aromatic heterocycles. The zero-order valence-electron chi connectivity index (χ0n) is 13.2. The molecule has 1 aliphatic rings. The van der Waals surface area contributed by atoms with Crippen LogP contribution < -0.4 is 5.11 Å². The van der Waals surface area contributed by atoms with Crippen LogP contribution in [0.5, 0.6) is 6.01 Å². The average Bonchev–Trinajstić information content (AvgIpc) is 3.01. The molecule has 0 spiro atoms. The smallest absolute Gasteiger partial charge is 0.433 e. The molecule has 3 rings (SSSR count). The fourth-order valence-corrected chi connectivity index (χ4v) is 2.39. The highest BCUT2D eigenvalue weighted by Gasteiger charge is 2.32. The summed E-state index contributed by atoms with van der Waals surface area (Å²) in [5.74, 6) is 0. The van der Waals surface area contributed by atoms with Crippen LogP contribution in [0.3, 0.4) is 0 Å². The van der Waals surface area contributed by atoms with E-state index >= 15 is 0 Å². The Morgan fingerprint density at radius 3 is 2.48 bits per heavy atom. The van der Waals surface area contributed by atoms with Crippen molar-refractivity contribution in [2.75, 3.05) is 6.54 Å². The van der Waals surface area contributed by atoms with Crippen LogP contribution in [-0.4, -0.2) is 22.2 Å². The van der Waals surface area contributed by atoms with Gasteiger partial charge < -0.3 is 5.11 Å². The number of allylic oxidation sites excluding steroid dienone is 2. The Morgan fingerprint density at radius 1 is 1.08 bits per heavy atom. The normalized spacial score (nSPS) is 14.7. The Morgan fingerprint density at radius 2 is 1.80 bits per heavy atom. The lowest BCUT2D eigenvalue weighted by Gasteiger charge is -2.10. The second kappa shape index (κ2) is 6.51. The van der Waals surface area contributed by atoms with Crippen molar-refractivity contribution in [2.24, 2.45) is 4.99 Å². The Labute approximate surface area is 142 Å². The molecule has 0 amide bonds. The van der Waals surface area contributed by atoms with Gasteiger partial charge in [0.2, 0.25) is 0 Å². The lowest BCUT2D eigenvalue weighted by Crippen LogP contribution is -2.12. The maximum absolute atomic E-state index is 12.7. The van der Waals surface area contributed by atoms with Gasteiger partial charge in [0.25, 0.3) is 0 Å². The molecule has 1 aliphatic heterocycles. The maximum atomic E-state index is 12.7. The fraction of sp³-hybridized carbons (Fsp3) is 0.167. The Hall–Kier alpha value is -2.96. The number of aliphatic imine (C=N–C) groups is 1. The molecule has 4 nitrogen and oxygen atoms in total. The van der Waals surface area contributed by atoms with E-state index in [0.29, 0.717) is 6.54 Å². The van der Waals surface area contributed by atoms with E-state index in [1.165, 1.54) is 6.08 Å². The van der Waals surface area contributed by atoms with Gasteiger partial charge in [-0.1, -0.05) is 42.0 Å². The van der Waals surface area contributed by atoms with Crippen molar-refractivity contribution in [1.82, 2.24) is 9.97 Å². The number of alkyl halides is 3. The number of hydrogen-bond acceptors (Lipinski definition) is 4. The van der Waals surface area contributed by atoms with Crippen LogP contribution in [0.1, 0.15) is 22.5 Å². The molecule has 0 saturated carbocycles. The molecule has 0 saturated heterocycles. The summed E-state index contributed by atoms with van der Waals surface area (Å²) >= 11 is 0. The van der Waals surface area contributed by atoms with Crippen LogP contribution in [-0.2, 0) is 6.18 Å². The summed E-state index contributed by atoms with van der Waals surface area (Å²) in [4.78, 5) is 10.8. The standard InChI is InChI=1S/C18H14F3N3O/c1-11-2-4-12(5-3-11)16-13(8-9-22-16)6-7-14-10-15(18(19,20)21)24-17(25)23-14/h2-8,10H,9H2,1H3,(H,23,24,25)/p-1/b7-6+. The number of hydrogen-bond donors (Lipinski definition) is 0. The van der Waals surface area contributed by atoms with Crippen molar-refractivity contribution < 1.29 is 18.3 Å². The van der Waals surface area contributed by atoms with Gasteiger partial charge in [0, 0.05) is 5.56 Å². The molecule has 7 heteroatoms. The minimum Gasteiger partial charge on any atom is -0.844 e. The second-order valence-electron chi connectivity index (χ2n) is 5.51. The Balaban J connectivity index is 1.86. The van der Waals surface area contributed by atoms with Gasteiger partial charge in [-0.25, -0.2) is 9.97 Å². The highest BCUT2D eigenvalue weighted by molar-refractivity contribution is 6.16. The summed E-state index contributed by atoms with van der Waals surface area (Å²) in [7, 11) is 0. The van der Waals surface area contributed by atoms with Crippen molar-refractivity contribution in [3.63, 3.8) is 0 Å². The molecule has 25 heavy (non-hydrogen) atoms. The van der Waals surface area contributed by atoms with Crippen LogP contribution in [0.4, 0.5) is 13.2 Å². The van der Waals surface area contributed by atoms with Gasteiger partial charge >= 0.3 is 6.18 Å². The maximum Gasteiger partial charge on any atom is 0.433 e. The fourth-order valence-electron chi connectivity index (χ4n) is 2.39. The summed E-state index contributed by atoms with van der Waals surface area (Å²) < 4.78 is 38.2. The number of rotatable bonds is 3. The van der Waals surface area contributed by atoms with E-state index in [-0.39, 0.29) is 5.69 Å². The highest BCUT2D eigenvalue weighted by atomic mass is 19.4. The summed E-state index contributed by atoms with van der Waals surface area (Å²) in [6.45, 7) is 2.47.